The molecule has 1 atom stereocenters. The second-order valence-electron chi connectivity index (χ2n) is 6.90. The summed E-state index contributed by atoms with van der Waals surface area (Å²) in [4.78, 5) is 33.1. The number of carboxylic acids is 1. The number of aliphatic hydroxyl groups is 1. The molecule has 2 N–H and O–H groups in total. The summed E-state index contributed by atoms with van der Waals surface area (Å²) in [5.74, 6) is -3.17. The molecule has 0 amide bonds. The Kier molecular flexibility index (Phi) is 21.2. The number of carboxylic acid groups (broad SMARTS) is 1. The van der Waals surface area contributed by atoms with E-state index in [1.165, 1.54) is 57.8 Å². The van der Waals surface area contributed by atoms with Crippen molar-refractivity contribution in [3.8, 4) is 0 Å². The molecule has 0 aliphatic heterocycles. The van der Waals surface area contributed by atoms with Crippen LogP contribution in [-0.2, 0) is 19.1 Å². The van der Waals surface area contributed by atoms with E-state index in [1.807, 2.05) is 0 Å². The number of rotatable bonds is 17. The van der Waals surface area contributed by atoms with E-state index in [4.69, 9.17) is 10.2 Å². The van der Waals surface area contributed by atoms with Gasteiger partial charge in [0.2, 0.25) is 0 Å². The van der Waals surface area contributed by atoms with Crippen LogP contribution >= 0.6 is 0 Å². The Morgan fingerprint density at radius 1 is 0.741 bits per heavy atom. The minimum atomic E-state index is -1.83. The monoisotopic (exact) mass is 398 g/mol. The Bertz CT molecular complexity index is 400. The van der Waals surface area contributed by atoms with Crippen molar-refractivity contribution in [3.05, 3.63) is 0 Å². The Morgan fingerprint density at radius 2 is 1.15 bits per heavy atom. The zero-order valence-corrected chi connectivity index (χ0v) is 16.2. The summed E-state index contributed by atoms with van der Waals surface area (Å²) in [5, 5.41) is 17.5. The minimum Gasteiger partial charge on any atom is -0.479 e. The zero-order valence-electron chi connectivity index (χ0n) is 16.2. The third-order valence-electron chi connectivity index (χ3n) is 4.36. The number of carbonyl (C=O) groups is 3. The minimum absolute atomic E-state index is 0. The highest BCUT2D eigenvalue weighted by Crippen LogP contribution is 2.13. The average molecular weight is 399 g/mol. The third-order valence-corrected chi connectivity index (χ3v) is 4.36. The van der Waals surface area contributed by atoms with Crippen LogP contribution in [0, 0.1) is 0 Å². The molecule has 0 spiro atoms. The van der Waals surface area contributed by atoms with Crippen molar-refractivity contribution in [3.63, 3.8) is 0 Å². The second-order valence-corrected chi connectivity index (χ2v) is 6.90. The first-order chi connectivity index (χ1) is 12.5. The molecular formula is C20H38MgO6. The predicted octanol–water partition coefficient (Wildman–Crippen LogP) is 3.46. The summed E-state index contributed by atoms with van der Waals surface area (Å²) < 4.78 is 4.48. The molecule has 0 fully saturated rings. The molecule has 0 radical (unpaired) electrons. The van der Waals surface area contributed by atoms with Gasteiger partial charge in [0, 0.05) is 6.42 Å². The van der Waals surface area contributed by atoms with Crippen molar-refractivity contribution in [1.82, 2.24) is 0 Å². The molecule has 0 heterocycles. The van der Waals surface area contributed by atoms with Crippen LogP contribution in [0.4, 0.5) is 0 Å². The Morgan fingerprint density at radius 3 is 1.56 bits per heavy atom. The van der Waals surface area contributed by atoms with Crippen molar-refractivity contribution in [2.45, 2.75) is 109 Å². The molecule has 0 bridgehead atoms. The first kappa shape index (κ1) is 28.5. The van der Waals surface area contributed by atoms with Gasteiger partial charge in [-0.3, -0.25) is 9.59 Å². The van der Waals surface area contributed by atoms with Crippen LogP contribution in [0.25, 0.3) is 0 Å². The molecule has 0 saturated heterocycles. The highest BCUT2D eigenvalue weighted by molar-refractivity contribution is 5.88. The molecule has 0 aliphatic carbocycles. The SMILES string of the molecule is CCCCCCCCCCCCCCCC(=O)OC(=O)CC(O)C(=O)O.[MgH2]. The van der Waals surface area contributed by atoms with Gasteiger partial charge in [0.15, 0.2) is 6.10 Å². The largest absolute Gasteiger partial charge is 0.479 e. The average Bonchev–Trinajstić information content (AvgIpc) is 2.58. The van der Waals surface area contributed by atoms with Crippen LogP contribution in [0.1, 0.15) is 103 Å². The van der Waals surface area contributed by atoms with Crippen molar-refractivity contribution >= 4 is 41.0 Å². The molecular weight excluding hydrogens is 361 g/mol. The van der Waals surface area contributed by atoms with Gasteiger partial charge in [-0.15, -0.1) is 0 Å². The molecule has 0 aromatic carbocycles. The van der Waals surface area contributed by atoms with E-state index in [2.05, 4.69) is 11.7 Å². The van der Waals surface area contributed by atoms with Crippen molar-refractivity contribution in [2.75, 3.05) is 0 Å². The maximum Gasteiger partial charge on any atom is 0.333 e. The highest BCUT2D eigenvalue weighted by Gasteiger charge is 2.20. The molecule has 0 aromatic rings. The number of unbranched alkanes of at least 4 members (excludes halogenated alkanes) is 12. The second kappa shape index (κ2) is 20.1. The molecule has 0 aromatic heterocycles. The summed E-state index contributed by atoms with van der Waals surface area (Å²) in [6, 6.07) is 0. The standard InChI is InChI=1S/C20H36O6.Mg.2H/c1-2-3-4-5-6-7-8-9-10-11-12-13-14-15-18(22)26-19(23)16-17(21)20(24)25;;;/h17,21H,2-16H2,1H3,(H,24,25);;;. The van der Waals surface area contributed by atoms with E-state index in [0.717, 1.165) is 19.3 Å². The lowest BCUT2D eigenvalue weighted by Gasteiger charge is -2.05. The number of hydrogen-bond donors (Lipinski definition) is 2. The van der Waals surface area contributed by atoms with Gasteiger partial charge in [0.25, 0.3) is 0 Å². The molecule has 0 rings (SSSR count). The maximum atomic E-state index is 11.4. The van der Waals surface area contributed by atoms with Crippen LogP contribution in [0.5, 0.6) is 0 Å². The number of aliphatic hydroxyl groups excluding tert-OH is 1. The molecule has 1 unspecified atom stereocenters. The van der Waals surface area contributed by atoms with Crippen molar-refractivity contribution < 1.29 is 29.3 Å². The normalized spacial score (nSPS) is 11.5. The lowest BCUT2D eigenvalue weighted by Crippen LogP contribution is -2.25. The van der Waals surface area contributed by atoms with Crippen LogP contribution in [-0.4, -0.2) is 57.3 Å². The topological polar surface area (TPSA) is 101 Å². The summed E-state index contributed by atoms with van der Waals surface area (Å²) in [6.45, 7) is 2.23. The van der Waals surface area contributed by atoms with Crippen LogP contribution in [0.15, 0.2) is 0 Å². The molecule has 156 valence electrons. The van der Waals surface area contributed by atoms with E-state index < -0.39 is 30.4 Å². The fourth-order valence-corrected chi connectivity index (χ4v) is 2.75. The van der Waals surface area contributed by atoms with E-state index in [1.54, 1.807) is 0 Å². The molecule has 6 nitrogen and oxygen atoms in total. The molecule has 0 aliphatic rings. The van der Waals surface area contributed by atoms with E-state index >= 15 is 0 Å². The lowest BCUT2D eigenvalue weighted by atomic mass is 10.0. The third kappa shape index (κ3) is 19.9. The summed E-state index contributed by atoms with van der Waals surface area (Å²) in [6.07, 6.45) is 13.3. The zero-order chi connectivity index (χ0) is 19.6. The van der Waals surface area contributed by atoms with Gasteiger partial charge >= 0.3 is 41.0 Å². The quantitative estimate of drug-likeness (QED) is 0.168. The first-order valence-electron chi connectivity index (χ1n) is 10.1. The smallest absolute Gasteiger partial charge is 0.333 e. The summed E-state index contributed by atoms with van der Waals surface area (Å²) in [5.41, 5.74) is 0. The van der Waals surface area contributed by atoms with Crippen molar-refractivity contribution in [2.24, 2.45) is 0 Å². The predicted molar refractivity (Wildman–Crippen MR) is 108 cm³/mol. The van der Waals surface area contributed by atoms with Gasteiger partial charge in [0.05, 0.1) is 6.42 Å². The van der Waals surface area contributed by atoms with E-state index in [9.17, 15) is 14.4 Å². The summed E-state index contributed by atoms with van der Waals surface area (Å²) in [7, 11) is 0. The van der Waals surface area contributed by atoms with Gasteiger partial charge in [-0.2, -0.15) is 0 Å². The van der Waals surface area contributed by atoms with E-state index in [-0.39, 0.29) is 29.5 Å². The van der Waals surface area contributed by atoms with Gasteiger partial charge in [-0.25, -0.2) is 4.79 Å². The van der Waals surface area contributed by atoms with Gasteiger partial charge in [-0.1, -0.05) is 84.0 Å². The number of ether oxygens (including phenoxy) is 1. The van der Waals surface area contributed by atoms with Gasteiger partial charge < -0.3 is 14.9 Å². The Labute approximate surface area is 179 Å². The fourth-order valence-electron chi connectivity index (χ4n) is 2.75. The van der Waals surface area contributed by atoms with Gasteiger partial charge in [-0.05, 0) is 6.42 Å². The Balaban J connectivity index is 0. The number of carbonyl (C=O) groups excluding carboxylic acids is 2. The molecule has 27 heavy (non-hydrogen) atoms. The molecule has 7 heteroatoms. The van der Waals surface area contributed by atoms with Crippen LogP contribution in [0.2, 0.25) is 0 Å². The molecule has 0 saturated carbocycles. The van der Waals surface area contributed by atoms with Gasteiger partial charge in [0.1, 0.15) is 0 Å². The number of hydrogen-bond acceptors (Lipinski definition) is 5. The summed E-state index contributed by atoms with van der Waals surface area (Å²) >= 11 is 0. The fraction of sp³-hybridized carbons (Fsp3) is 0.850. The van der Waals surface area contributed by atoms with Crippen molar-refractivity contribution in [1.29, 1.82) is 0 Å². The first-order valence-corrected chi connectivity index (χ1v) is 10.1. The maximum absolute atomic E-state index is 11.4. The highest BCUT2D eigenvalue weighted by atomic mass is 24.3. The van der Waals surface area contributed by atoms with Crippen LogP contribution in [0.3, 0.4) is 0 Å². The number of esters is 2. The number of aliphatic carboxylic acids is 1. The lowest BCUT2D eigenvalue weighted by molar-refractivity contribution is -0.164. The van der Waals surface area contributed by atoms with Crippen LogP contribution < -0.4 is 0 Å². The Hall–Kier alpha value is -0.664. The van der Waals surface area contributed by atoms with E-state index in [0.29, 0.717) is 6.42 Å².